The second kappa shape index (κ2) is 11.0. The van der Waals surface area contributed by atoms with Crippen LogP contribution in [0.25, 0.3) is 0 Å². The zero-order valence-corrected chi connectivity index (χ0v) is 19.5. The Hall–Kier alpha value is -2.68. The van der Waals surface area contributed by atoms with Gasteiger partial charge in [0.2, 0.25) is 15.9 Å². The van der Waals surface area contributed by atoms with Crippen molar-refractivity contribution in [3.63, 3.8) is 0 Å². The molecule has 182 valence electrons. The zero-order chi connectivity index (χ0) is 24.9. The SMILES string of the molecule is CC(=O)N[C@@H](C)[C@@H](O)[C@H](O)[C@@H](Cc1cc(F)cc(F)c1)NC(=O)c1csc(NS(C)(=O)=O)n1. The Kier molecular flexibility index (Phi) is 8.82. The van der Waals surface area contributed by atoms with Gasteiger partial charge in [0.25, 0.3) is 5.91 Å². The van der Waals surface area contributed by atoms with Gasteiger partial charge in [-0.1, -0.05) is 0 Å². The molecule has 0 aliphatic rings. The highest BCUT2D eigenvalue weighted by atomic mass is 32.2. The second-order valence-electron chi connectivity index (χ2n) is 7.44. The number of nitrogens with zero attached hydrogens (tertiary/aromatic N) is 1. The quantitative estimate of drug-likeness (QED) is 0.312. The number of hydrogen-bond acceptors (Lipinski definition) is 8. The van der Waals surface area contributed by atoms with E-state index in [0.29, 0.717) is 6.07 Å². The molecule has 0 aliphatic heterocycles. The fraction of sp³-hybridized carbons (Fsp3) is 0.421. The number of sulfonamides is 1. The van der Waals surface area contributed by atoms with Crippen molar-refractivity contribution in [3.05, 3.63) is 46.5 Å². The van der Waals surface area contributed by atoms with Gasteiger partial charge in [-0.15, -0.1) is 11.3 Å². The van der Waals surface area contributed by atoms with Crippen molar-refractivity contribution in [2.45, 2.75) is 44.6 Å². The first-order valence-electron chi connectivity index (χ1n) is 9.57. The lowest BCUT2D eigenvalue weighted by Gasteiger charge is -2.31. The molecular formula is C19H24F2N4O6S2. The Morgan fingerprint density at radius 1 is 1.12 bits per heavy atom. The van der Waals surface area contributed by atoms with E-state index in [0.717, 1.165) is 29.7 Å². The highest BCUT2D eigenvalue weighted by Crippen LogP contribution is 2.18. The molecule has 5 N–H and O–H groups in total. The molecule has 1 aromatic carbocycles. The number of thiazole rings is 1. The molecule has 2 aromatic rings. The fourth-order valence-corrected chi connectivity index (χ4v) is 4.55. The molecule has 0 fully saturated rings. The van der Waals surface area contributed by atoms with Crippen LogP contribution < -0.4 is 15.4 Å². The number of anilines is 1. The number of carbonyl (C=O) groups is 2. The third-order valence-corrected chi connectivity index (χ3v) is 5.86. The topological polar surface area (TPSA) is 158 Å². The number of aromatic nitrogens is 1. The van der Waals surface area contributed by atoms with Crippen LogP contribution in [0.3, 0.4) is 0 Å². The van der Waals surface area contributed by atoms with Crippen molar-refractivity contribution in [2.24, 2.45) is 0 Å². The summed E-state index contributed by atoms with van der Waals surface area (Å²) in [6.45, 7) is 2.65. The van der Waals surface area contributed by atoms with E-state index < -0.39 is 57.8 Å². The maximum atomic E-state index is 13.6. The number of rotatable bonds is 10. The first-order valence-corrected chi connectivity index (χ1v) is 12.3. The molecule has 0 bridgehead atoms. The molecule has 33 heavy (non-hydrogen) atoms. The molecule has 0 saturated heterocycles. The van der Waals surface area contributed by atoms with Crippen LogP contribution >= 0.6 is 11.3 Å². The predicted octanol–water partition coefficient (Wildman–Crippen LogP) is 0.380. The van der Waals surface area contributed by atoms with Crippen molar-refractivity contribution in [2.75, 3.05) is 11.0 Å². The summed E-state index contributed by atoms with van der Waals surface area (Å²) in [5.41, 5.74) is -0.0906. The average molecular weight is 507 g/mol. The van der Waals surface area contributed by atoms with Crippen LogP contribution in [0.2, 0.25) is 0 Å². The molecule has 0 aliphatic carbocycles. The Labute approximate surface area is 193 Å². The van der Waals surface area contributed by atoms with Crippen LogP contribution in [0.5, 0.6) is 0 Å². The van der Waals surface area contributed by atoms with Crippen molar-refractivity contribution in [3.8, 4) is 0 Å². The van der Waals surface area contributed by atoms with Gasteiger partial charge in [-0.2, -0.15) is 0 Å². The summed E-state index contributed by atoms with van der Waals surface area (Å²) < 4.78 is 52.0. The first-order chi connectivity index (χ1) is 15.2. The lowest BCUT2D eigenvalue weighted by atomic mass is 9.94. The summed E-state index contributed by atoms with van der Waals surface area (Å²) in [5.74, 6) is -3.02. The van der Waals surface area contributed by atoms with Gasteiger partial charge in [-0.25, -0.2) is 22.2 Å². The normalized spacial score (nSPS) is 15.2. The minimum absolute atomic E-state index is 0.0636. The molecule has 0 radical (unpaired) electrons. The molecule has 2 rings (SSSR count). The largest absolute Gasteiger partial charge is 0.388 e. The smallest absolute Gasteiger partial charge is 0.271 e. The number of hydrogen-bond donors (Lipinski definition) is 5. The van der Waals surface area contributed by atoms with E-state index in [2.05, 4.69) is 20.3 Å². The lowest BCUT2D eigenvalue weighted by molar-refractivity contribution is -0.121. The minimum atomic E-state index is -3.62. The van der Waals surface area contributed by atoms with Gasteiger partial charge in [-0.05, 0) is 31.0 Å². The Bertz CT molecular complexity index is 1090. The van der Waals surface area contributed by atoms with Crippen LogP contribution in [0, 0.1) is 11.6 Å². The van der Waals surface area contributed by atoms with E-state index in [4.69, 9.17) is 0 Å². The first kappa shape index (κ1) is 26.6. The number of benzene rings is 1. The monoisotopic (exact) mass is 506 g/mol. The lowest BCUT2D eigenvalue weighted by Crippen LogP contribution is -2.55. The number of aliphatic hydroxyl groups excluding tert-OH is 2. The molecule has 14 heteroatoms. The Morgan fingerprint density at radius 3 is 2.27 bits per heavy atom. The molecule has 10 nitrogen and oxygen atoms in total. The molecule has 4 atom stereocenters. The predicted molar refractivity (Wildman–Crippen MR) is 117 cm³/mol. The molecule has 1 aromatic heterocycles. The maximum Gasteiger partial charge on any atom is 0.271 e. The minimum Gasteiger partial charge on any atom is -0.388 e. The number of halogens is 2. The number of carbonyl (C=O) groups excluding carboxylic acids is 2. The van der Waals surface area contributed by atoms with Gasteiger partial charge >= 0.3 is 0 Å². The van der Waals surface area contributed by atoms with Crippen LogP contribution in [-0.4, -0.2) is 66.0 Å². The van der Waals surface area contributed by atoms with E-state index in [1.54, 1.807) is 0 Å². The second-order valence-corrected chi connectivity index (χ2v) is 10.1. The van der Waals surface area contributed by atoms with Gasteiger partial charge < -0.3 is 20.8 Å². The van der Waals surface area contributed by atoms with Crippen LogP contribution in [0.4, 0.5) is 13.9 Å². The standard InChI is InChI=1S/C19H24F2N4O6S2/c1-9(22-10(2)26)16(27)17(28)14(6-11-4-12(20)7-13(21)5-11)23-18(29)15-8-32-19(24-15)25-33(3,30)31/h4-5,7-9,14,16-17,27-28H,6H2,1-3H3,(H,22,26)(H,23,29)(H,24,25)/t9-,14+,16+,17+/m0/s1. The maximum absolute atomic E-state index is 13.6. The van der Waals surface area contributed by atoms with Crippen molar-refractivity contribution in [1.29, 1.82) is 0 Å². The van der Waals surface area contributed by atoms with E-state index in [1.165, 1.54) is 19.2 Å². The van der Waals surface area contributed by atoms with E-state index >= 15 is 0 Å². The molecule has 0 saturated carbocycles. The van der Waals surface area contributed by atoms with Crippen LogP contribution in [-0.2, 0) is 21.2 Å². The van der Waals surface area contributed by atoms with Crippen molar-refractivity contribution < 1.29 is 37.0 Å². The van der Waals surface area contributed by atoms with Gasteiger partial charge in [-0.3, -0.25) is 14.3 Å². The number of aliphatic hydroxyl groups is 2. The highest BCUT2D eigenvalue weighted by molar-refractivity contribution is 7.92. The van der Waals surface area contributed by atoms with Gasteiger partial charge in [0.15, 0.2) is 5.13 Å². The van der Waals surface area contributed by atoms with E-state index in [1.807, 2.05) is 0 Å². The average Bonchev–Trinajstić information content (AvgIpc) is 3.11. The summed E-state index contributed by atoms with van der Waals surface area (Å²) in [5, 5.41) is 27.2. The third kappa shape index (κ3) is 8.31. The zero-order valence-electron chi connectivity index (χ0n) is 17.9. The van der Waals surface area contributed by atoms with Crippen molar-refractivity contribution in [1.82, 2.24) is 15.6 Å². The Balaban J connectivity index is 2.27. The summed E-state index contributed by atoms with van der Waals surface area (Å²) in [7, 11) is -3.62. The van der Waals surface area contributed by atoms with Crippen LogP contribution in [0.15, 0.2) is 23.6 Å². The van der Waals surface area contributed by atoms with Gasteiger partial charge in [0.05, 0.1) is 18.3 Å². The molecule has 2 amide bonds. The van der Waals surface area contributed by atoms with Gasteiger partial charge in [0, 0.05) is 18.4 Å². The molecule has 0 unspecified atom stereocenters. The molecule has 1 heterocycles. The summed E-state index contributed by atoms with van der Waals surface area (Å²) in [4.78, 5) is 27.8. The van der Waals surface area contributed by atoms with Gasteiger partial charge in [0.1, 0.15) is 29.5 Å². The van der Waals surface area contributed by atoms with Crippen molar-refractivity contribution >= 4 is 38.3 Å². The summed E-state index contributed by atoms with van der Waals surface area (Å²) in [6, 6.07) is 0.515. The fourth-order valence-electron chi connectivity index (χ4n) is 3.01. The summed E-state index contributed by atoms with van der Waals surface area (Å²) in [6.07, 6.45) is -2.56. The van der Waals surface area contributed by atoms with E-state index in [9.17, 15) is 37.0 Å². The van der Waals surface area contributed by atoms with E-state index in [-0.39, 0.29) is 22.8 Å². The Morgan fingerprint density at radius 2 is 1.73 bits per heavy atom. The van der Waals surface area contributed by atoms with Crippen LogP contribution in [0.1, 0.15) is 29.9 Å². The summed E-state index contributed by atoms with van der Waals surface area (Å²) >= 11 is 0.845. The third-order valence-electron chi connectivity index (χ3n) is 4.41. The number of nitrogens with one attached hydrogen (secondary N) is 3. The highest BCUT2D eigenvalue weighted by Gasteiger charge is 2.32. The number of amides is 2. The molecular weight excluding hydrogens is 482 g/mol. The molecule has 0 spiro atoms.